The number of nitrogens with one attached hydrogen (secondary N) is 1. The summed E-state index contributed by atoms with van der Waals surface area (Å²) in [5.74, 6) is 0.110. The average molecular weight is 412 g/mol. The van der Waals surface area contributed by atoms with Crippen molar-refractivity contribution in [3.8, 4) is 0 Å². The predicted molar refractivity (Wildman–Crippen MR) is 93.4 cm³/mol. The SMILES string of the molecule is FC(F)(F)c1cc(Br)c2c(c1)C1OCCCC1[C@H](c1ccccc1)N2. The topological polar surface area (TPSA) is 21.3 Å². The molecule has 132 valence electrons. The van der Waals surface area contributed by atoms with E-state index in [0.29, 0.717) is 22.3 Å². The molecule has 0 bridgehead atoms. The van der Waals surface area contributed by atoms with Crippen molar-refractivity contribution in [2.45, 2.75) is 31.2 Å². The van der Waals surface area contributed by atoms with Gasteiger partial charge in [-0.1, -0.05) is 30.3 Å². The summed E-state index contributed by atoms with van der Waals surface area (Å²) in [6.45, 7) is 0.579. The molecule has 6 heteroatoms. The second-order valence-corrected chi connectivity index (χ2v) is 7.40. The van der Waals surface area contributed by atoms with Crippen LogP contribution in [0.2, 0.25) is 0 Å². The second kappa shape index (κ2) is 6.32. The van der Waals surface area contributed by atoms with Gasteiger partial charge in [-0.2, -0.15) is 13.2 Å². The van der Waals surface area contributed by atoms with Gasteiger partial charge in [0.05, 0.1) is 23.4 Å². The maximum Gasteiger partial charge on any atom is 0.416 e. The van der Waals surface area contributed by atoms with E-state index in [1.807, 2.05) is 30.3 Å². The van der Waals surface area contributed by atoms with Crippen LogP contribution in [0.15, 0.2) is 46.9 Å². The second-order valence-electron chi connectivity index (χ2n) is 6.55. The Labute approximate surface area is 152 Å². The van der Waals surface area contributed by atoms with E-state index in [1.54, 1.807) is 0 Å². The Morgan fingerprint density at radius 3 is 2.60 bits per heavy atom. The van der Waals surface area contributed by atoms with Gasteiger partial charge in [-0.3, -0.25) is 0 Å². The fourth-order valence-corrected chi connectivity index (χ4v) is 4.48. The van der Waals surface area contributed by atoms with Gasteiger partial charge in [-0.15, -0.1) is 0 Å². The van der Waals surface area contributed by atoms with Gasteiger partial charge in [0.1, 0.15) is 0 Å². The first-order valence-corrected chi connectivity index (χ1v) is 9.08. The zero-order chi connectivity index (χ0) is 17.6. The lowest BCUT2D eigenvalue weighted by atomic mass is 9.77. The maximum absolute atomic E-state index is 13.2. The monoisotopic (exact) mass is 411 g/mol. The molecule has 2 aromatic rings. The average Bonchev–Trinajstić information content (AvgIpc) is 2.61. The van der Waals surface area contributed by atoms with Crippen LogP contribution in [0.3, 0.4) is 0 Å². The van der Waals surface area contributed by atoms with Crippen LogP contribution in [0.4, 0.5) is 18.9 Å². The highest BCUT2D eigenvalue weighted by Gasteiger charge is 2.42. The van der Waals surface area contributed by atoms with Crippen LogP contribution in [0.5, 0.6) is 0 Å². The van der Waals surface area contributed by atoms with Crippen molar-refractivity contribution in [3.05, 3.63) is 63.6 Å². The van der Waals surface area contributed by atoms with Crippen molar-refractivity contribution in [2.24, 2.45) is 5.92 Å². The summed E-state index contributed by atoms with van der Waals surface area (Å²) in [7, 11) is 0. The molecule has 25 heavy (non-hydrogen) atoms. The summed E-state index contributed by atoms with van der Waals surface area (Å²) in [5.41, 5.74) is 1.77. The Kier molecular flexibility index (Phi) is 4.28. The number of ether oxygens (including phenoxy) is 1. The van der Waals surface area contributed by atoms with Gasteiger partial charge < -0.3 is 10.1 Å². The van der Waals surface area contributed by atoms with Crippen molar-refractivity contribution < 1.29 is 17.9 Å². The molecule has 0 amide bonds. The molecule has 1 N–H and O–H groups in total. The zero-order valence-electron chi connectivity index (χ0n) is 13.3. The number of hydrogen-bond donors (Lipinski definition) is 1. The maximum atomic E-state index is 13.2. The summed E-state index contributed by atoms with van der Waals surface area (Å²) in [6.07, 6.45) is -2.86. The van der Waals surface area contributed by atoms with Gasteiger partial charge in [0, 0.05) is 22.6 Å². The summed E-state index contributed by atoms with van der Waals surface area (Å²) in [6, 6.07) is 12.4. The molecule has 2 heterocycles. The number of halogens is 4. The van der Waals surface area contributed by atoms with Crippen molar-refractivity contribution >= 4 is 21.6 Å². The molecule has 0 aromatic heterocycles. The Morgan fingerprint density at radius 2 is 1.88 bits per heavy atom. The molecule has 2 aliphatic heterocycles. The fourth-order valence-electron chi connectivity index (χ4n) is 3.89. The van der Waals surface area contributed by atoms with E-state index in [2.05, 4.69) is 21.2 Å². The van der Waals surface area contributed by atoms with E-state index in [0.717, 1.165) is 24.5 Å². The Hall–Kier alpha value is -1.53. The number of benzene rings is 2. The van der Waals surface area contributed by atoms with Crippen LogP contribution in [0.1, 0.15) is 41.7 Å². The fraction of sp³-hybridized carbons (Fsp3) is 0.368. The lowest BCUT2D eigenvalue weighted by Crippen LogP contribution is -2.36. The first-order chi connectivity index (χ1) is 11.9. The van der Waals surface area contributed by atoms with E-state index in [4.69, 9.17) is 4.74 Å². The molecule has 0 saturated carbocycles. The standard InChI is InChI=1S/C19H17BrF3NO/c20-15-10-12(19(21,22)23)9-14-17(15)24-16(11-5-2-1-3-6-11)13-7-4-8-25-18(13)14/h1-3,5-6,9-10,13,16,18,24H,4,7-8H2/t13?,16-,18?/m0/s1. The Balaban J connectivity index is 1.83. The van der Waals surface area contributed by atoms with Crippen molar-refractivity contribution in [3.63, 3.8) is 0 Å². The van der Waals surface area contributed by atoms with Gasteiger partial charge in [0.15, 0.2) is 0 Å². The number of rotatable bonds is 1. The number of alkyl halides is 3. The molecule has 4 rings (SSSR count). The third kappa shape index (κ3) is 3.06. The molecule has 2 aromatic carbocycles. The minimum atomic E-state index is -4.38. The normalized spacial score (nSPS) is 25.7. The van der Waals surface area contributed by atoms with Crippen LogP contribution in [-0.4, -0.2) is 6.61 Å². The highest BCUT2D eigenvalue weighted by molar-refractivity contribution is 9.10. The predicted octanol–water partition coefficient (Wildman–Crippen LogP) is 6.10. The van der Waals surface area contributed by atoms with E-state index >= 15 is 0 Å². The van der Waals surface area contributed by atoms with Crippen LogP contribution in [0, 0.1) is 5.92 Å². The largest absolute Gasteiger partial charge is 0.416 e. The van der Waals surface area contributed by atoms with Crippen LogP contribution >= 0.6 is 15.9 Å². The van der Waals surface area contributed by atoms with Gasteiger partial charge in [-0.25, -0.2) is 0 Å². The first kappa shape index (κ1) is 16.9. The Morgan fingerprint density at radius 1 is 1.12 bits per heavy atom. The van der Waals surface area contributed by atoms with Gasteiger partial charge in [0.2, 0.25) is 0 Å². The minimum Gasteiger partial charge on any atom is -0.377 e. The molecule has 1 fully saturated rings. The summed E-state index contributed by atoms with van der Waals surface area (Å²) < 4.78 is 46.0. The quantitative estimate of drug-likeness (QED) is 0.611. The van der Waals surface area contributed by atoms with Gasteiger partial charge >= 0.3 is 6.18 Å². The van der Waals surface area contributed by atoms with Gasteiger partial charge in [-0.05, 0) is 46.5 Å². The first-order valence-electron chi connectivity index (χ1n) is 8.29. The molecule has 2 nitrogen and oxygen atoms in total. The molecule has 3 atom stereocenters. The summed E-state index contributed by atoms with van der Waals surface area (Å²) >= 11 is 3.32. The molecule has 0 aliphatic carbocycles. The lowest BCUT2D eigenvalue weighted by molar-refractivity contribution is -0.137. The lowest BCUT2D eigenvalue weighted by Gasteiger charge is -2.44. The number of fused-ring (bicyclic) bond motifs is 3. The zero-order valence-corrected chi connectivity index (χ0v) is 14.9. The molecule has 2 aliphatic rings. The number of anilines is 1. The molecular formula is C19H17BrF3NO. The van der Waals surface area contributed by atoms with E-state index in [-0.39, 0.29) is 18.1 Å². The van der Waals surface area contributed by atoms with Crippen molar-refractivity contribution in [1.82, 2.24) is 0 Å². The molecule has 0 radical (unpaired) electrons. The van der Waals surface area contributed by atoms with Crippen LogP contribution in [0.25, 0.3) is 0 Å². The van der Waals surface area contributed by atoms with Gasteiger partial charge in [0.25, 0.3) is 0 Å². The summed E-state index contributed by atoms with van der Waals surface area (Å²) in [5, 5.41) is 3.47. The number of hydrogen-bond acceptors (Lipinski definition) is 2. The highest BCUT2D eigenvalue weighted by Crippen LogP contribution is 2.52. The van der Waals surface area contributed by atoms with Crippen molar-refractivity contribution in [1.29, 1.82) is 0 Å². The Bertz CT molecular complexity index is 778. The van der Waals surface area contributed by atoms with Crippen LogP contribution < -0.4 is 5.32 Å². The molecule has 2 unspecified atom stereocenters. The third-order valence-corrected chi connectivity index (χ3v) is 5.63. The minimum absolute atomic E-state index is 0.0204. The van der Waals surface area contributed by atoms with Crippen LogP contribution in [-0.2, 0) is 10.9 Å². The van der Waals surface area contributed by atoms with E-state index in [9.17, 15) is 13.2 Å². The molecule has 0 spiro atoms. The van der Waals surface area contributed by atoms with Crippen molar-refractivity contribution in [2.75, 3.05) is 11.9 Å². The van der Waals surface area contributed by atoms with E-state index < -0.39 is 11.7 Å². The smallest absolute Gasteiger partial charge is 0.377 e. The highest BCUT2D eigenvalue weighted by atomic mass is 79.9. The molecule has 1 saturated heterocycles. The third-order valence-electron chi connectivity index (χ3n) is 5.01. The van der Waals surface area contributed by atoms with E-state index in [1.165, 1.54) is 6.07 Å². The molecular weight excluding hydrogens is 395 g/mol. The summed E-state index contributed by atoms with van der Waals surface area (Å²) in [4.78, 5) is 0.